The van der Waals surface area contributed by atoms with E-state index in [1.807, 2.05) is 6.07 Å². The average Bonchev–Trinajstić information content (AvgIpc) is 2.27. The summed E-state index contributed by atoms with van der Waals surface area (Å²) in [4.78, 5) is 12.2. The van der Waals surface area contributed by atoms with Gasteiger partial charge in [-0.1, -0.05) is 30.3 Å². The fourth-order valence-electron chi connectivity index (χ4n) is 1.59. The highest BCUT2D eigenvalue weighted by molar-refractivity contribution is 5.81. The summed E-state index contributed by atoms with van der Waals surface area (Å²) in [5.41, 5.74) is 6.43. The minimum Gasteiger partial charge on any atom is -0.335 e. The van der Waals surface area contributed by atoms with Crippen LogP contribution in [0.25, 0.3) is 0 Å². The minimum atomic E-state index is -4.41. The van der Waals surface area contributed by atoms with Crippen LogP contribution in [0.3, 0.4) is 0 Å². The van der Waals surface area contributed by atoms with Crippen LogP contribution in [0.4, 0.5) is 13.2 Å². The van der Waals surface area contributed by atoms with Crippen molar-refractivity contribution in [3.05, 3.63) is 35.9 Å². The molecule has 1 atom stereocenters. The number of carbonyl (C=O) groups excluding carboxylic acids is 1. The molecule has 1 rings (SSSR count). The highest BCUT2D eigenvalue weighted by atomic mass is 19.4. The summed E-state index contributed by atoms with van der Waals surface area (Å²) in [6.45, 7) is -1.28. The maximum Gasteiger partial charge on any atom is 0.406 e. The first-order valence-electron chi connectivity index (χ1n) is 5.41. The Morgan fingerprint density at radius 2 is 1.89 bits per heavy atom. The van der Waals surface area contributed by atoms with Crippen LogP contribution in [-0.4, -0.2) is 36.6 Å². The van der Waals surface area contributed by atoms with Crippen molar-refractivity contribution in [2.75, 3.05) is 13.6 Å². The molecule has 0 heterocycles. The topological polar surface area (TPSA) is 46.3 Å². The third-order valence-corrected chi connectivity index (χ3v) is 2.41. The molecule has 0 aromatic heterocycles. The number of amides is 1. The van der Waals surface area contributed by atoms with E-state index in [0.29, 0.717) is 4.90 Å². The van der Waals surface area contributed by atoms with E-state index in [4.69, 9.17) is 5.73 Å². The van der Waals surface area contributed by atoms with Crippen LogP contribution < -0.4 is 5.73 Å². The molecule has 1 amide bonds. The van der Waals surface area contributed by atoms with E-state index in [1.54, 1.807) is 24.3 Å². The van der Waals surface area contributed by atoms with Crippen LogP contribution in [-0.2, 0) is 11.2 Å². The van der Waals surface area contributed by atoms with Gasteiger partial charge in [-0.25, -0.2) is 0 Å². The Kier molecular flexibility index (Phi) is 4.72. The predicted octanol–water partition coefficient (Wildman–Crippen LogP) is 1.58. The van der Waals surface area contributed by atoms with Gasteiger partial charge in [-0.15, -0.1) is 0 Å². The Hall–Kier alpha value is -1.56. The lowest BCUT2D eigenvalue weighted by Gasteiger charge is -2.22. The number of hydrogen-bond acceptors (Lipinski definition) is 2. The molecule has 0 fully saturated rings. The number of hydrogen-bond donors (Lipinski definition) is 1. The zero-order valence-electron chi connectivity index (χ0n) is 9.95. The summed E-state index contributed by atoms with van der Waals surface area (Å²) < 4.78 is 36.4. The van der Waals surface area contributed by atoms with Crippen molar-refractivity contribution in [2.45, 2.75) is 18.6 Å². The molecule has 0 aliphatic carbocycles. The van der Waals surface area contributed by atoms with Crippen molar-refractivity contribution in [3.8, 4) is 0 Å². The molecular weight excluding hydrogens is 245 g/mol. The van der Waals surface area contributed by atoms with E-state index in [1.165, 1.54) is 0 Å². The first kappa shape index (κ1) is 14.5. The number of halogens is 3. The first-order valence-corrected chi connectivity index (χ1v) is 5.41. The third kappa shape index (κ3) is 4.75. The quantitative estimate of drug-likeness (QED) is 0.893. The fraction of sp³-hybridized carbons (Fsp3) is 0.417. The molecule has 18 heavy (non-hydrogen) atoms. The predicted molar refractivity (Wildman–Crippen MR) is 61.8 cm³/mol. The number of nitrogens with zero attached hydrogens (tertiary/aromatic N) is 1. The largest absolute Gasteiger partial charge is 0.406 e. The molecule has 0 aliphatic rings. The lowest BCUT2D eigenvalue weighted by Crippen LogP contribution is -2.46. The van der Waals surface area contributed by atoms with Gasteiger partial charge in [0.05, 0.1) is 6.04 Å². The van der Waals surface area contributed by atoms with Gasteiger partial charge in [0, 0.05) is 7.05 Å². The van der Waals surface area contributed by atoms with Crippen LogP contribution in [0.5, 0.6) is 0 Å². The molecule has 1 aromatic carbocycles. The molecule has 0 bridgehead atoms. The molecular formula is C12H15F3N2O. The van der Waals surface area contributed by atoms with E-state index in [-0.39, 0.29) is 6.42 Å². The van der Waals surface area contributed by atoms with Crippen molar-refractivity contribution in [2.24, 2.45) is 5.73 Å². The molecule has 0 saturated carbocycles. The van der Waals surface area contributed by atoms with Gasteiger partial charge in [-0.05, 0) is 12.0 Å². The van der Waals surface area contributed by atoms with Crippen LogP contribution in [0.2, 0.25) is 0 Å². The Morgan fingerprint density at radius 1 is 1.33 bits per heavy atom. The molecule has 100 valence electrons. The Morgan fingerprint density at radius 3 is 2.39 bits per heavy atom. The summed E-state index contributed by atoms with van der Waals surface area (Å²) in [5.74, 6) is -0.712. The number of likely N-dealkylation sites (N-methyl/N-ethyl adjacent to an activating group) is 1. The maximum atomic E-state index is 12.1. The Bertz CT molecular complexity index is 392. The summed E-state index contributed by atoms with van der Waals surface area (Å²) in [6.07, 6.45) is -4.18. The second-order valence-corrected chi connectivity index (χ2v) is 4.11. The zero-order chi connectivity index (χ0) is 13.8. The number of rotatable bonds is 4. The smallest absolute Gasteiger partial charge is 0.335 e. The van der Waals surface area contributed by atoms with E-state index in [9.17, 15) is 18.0 Å². The van der Waals surface area contributed by atoms with Gasteiger partial charge < -0.3 is 10.6 Å². The number of benzene rings is 1. The second kappa shape index (κ2) is 5.86. The Balaban J connectivity index is 2.56. The van der Waals surface area contributed by atoms with Crippen molar-refractivity contribution in [1.82, 2.24) is 4.90 Å². The van der Waals surface area contributed by atoms with E-state index >= 15 is 0 Å². The molecule has 2 N–H and O–H groups in total. The van der Waals surface area contributed by atoms with Gasteiger partial charge in [0.25, 0.3) is 0 Å². The second-order valence-electron chi connectivity index (χ2n) is 4.11. The highest BCUT2D eigenvalue weighted by Gasteiger charge is 2.32. The zero-order valence-corrected chi connectivity index (χ0v) is 9.95. The number of carbonyl (C=O) groups is 1. The van der Waals surface area contributed by atoms with Gasteiger partial charge in [-0.3, -0.25) is 4.79 Å². The van der Waals surface area contributed by atoms with Crippen LogP contribution in [0, 0.1) is 0 Å². The summed E-state index contributed by atoms with van der Waals surface area (Å²) in [5, 5.41) is 0. The maximum absolute atomic E-state index is 12.1. The Labute approximate surface area is 103 Å². The molecule has 0 spiro atoms. The van der Waals surface area contributed by atoms with Gasteiger partial charge in [0.15, 0.2) is 0 Å². The van der Waals surface area contributed by atoms with Gasteiger partial charge in [0.2, 0.25) is 5.91 Å². The SMILES string of the molecule is CN(CC(F)(F)F)C(=O)[C@@H](N)Cc1ccccc1. The lowest BCUT2D eigenvalue weighted by atomic mass is 10.1. The van der Waals surface area contributed by atoms with Crippen molar-refractivity contribution in [3.63, 3.8) is 0 Å². The third-order valence-electron chi connectivity index (χ3n) is 2.41. The standard InChI is InChI=1S/C12H15F3N2O/c1-17(8-12(13,14)15)11(18)10(16)7-9-5-3-2-4-6-9/h2-6,10H,7-8,16H2,1H3/t10-/m0/s1. The summed E-state index contributed by atoms with van der Waals surface area (Å²) >= 11 is 0. The van der Waals surface area contributed by atoms with E-state index in [2.05, 4.69) is 0 Å². The monoisotopic (exact) mass is 260 g/mol. The van der Waals surface area contributed by atoms with Crippen LogP contribution >= 0.6 is 0 Å². The minimum absolute atomic E-state index is 0.224. The van der Waals surface area contributed by atoms with Crippen LogP contribution in [0.1, 0.15) is 5.56 Å². The van der Waals surface area contributed by atoms with Crippen LogP contribution in [0.15, 0.2) is 30.3 Å². The highest BCUT2D eigenvalue weighted by Crippen LogP contribution is 2.16. The van der Waals surface area contributed by atoms with Gasteiger partial charge >= 0.3 is 6.18 Å². The van der Waals surface area contributed by atoms with E-state index < -0.39 is 24.7 Å². The van der Waals surface area contributed by atoms with Crippen molar-refractivity contribution < 1.29 is 18.0 Å². The molecule has 0 aliphatic heterocycles. The van der Waals surface area contributed by atoms with Gasteiger partial charge in [-0.2, -0.15) is 13.2 Å². The fourth-order valence-corrected chi connectivity index (χ4v) is 1.59. The van der Waals surface area contributed by atoms with Gasteiger partial charge in [0.1, 0.15) is 6.54 Å². The molecule has 3 nitrogen and oxygen atoms in total. The van der Waals surface area contributed by atoms with Crippen molar-refractivity contribution >= 4 is 5.91 Å². The van der Waals surface area contributed by atoms with E-state index in [0.717, 1.165) is 12.6 Å². The summed E-state index contributed by atoms with van der Waals surface area (Å²) in [7, 11) is 1.10. The molecule has 0 radical (unpaired) electrons. The number of nitrogens with two attached hydrogens (primary N) is 1. The molecule has 0 saturated heterocycles. The molecule has 0 unspecified atom stereocenters. The molecule has 1 aromatic rings. The lowest BCUT2D eigenvalue weighted by molar-refractivity contribution is -0.159. The molecule has 6 heteroatoms. The normalized spacial score (nSPS) is 13.2. The summed E-state index contributed by atoms with van der Waals surface area (Å²) in [6, 6.07) is 7.97. The van der Waals surface area contributed by atoms with Crippen molar-refractivity contribution in [1.29, 1.82) is 0 Å². The number of alkyl halides is 3. The first-order chi connectivity index (χ1) is 8.29. The average molecular weight is 260 g/mol.